The van der Waals surface area contributed by atoms with Gasteiger partial charge in [0.15, 0.2) is 0 Å². The number of carbonyl (C=O) groups excluding carboxylic acids is 2. The number of nitrogens with zero attached hydrogens (tertiary/aromatic N) is 2. The Morgan fingerprint density at radius 1 is 1.14 bits per heavy atom. The molecule has 0 aliphatic carbocycles. The van der Waals surface area contributed by atoms with E-state index >= 15 is 0 Å². The Morgan fingerprint density at radius 3 is 2.45 bits per heavy atom. The van der Waals surface area contributed by atoms with E-state index in [1.165, 1.54) is 12.8 Å². The molecule has 0 aromatic rings. The Balaban J connectivity index is 1.51. The van der Waals surface area contributed by atoms with Gasteiger partial charge in [-0.2, -0.15) is 0 Å². The zero-order valence-corrected chi connectivity index (χ0v) is 13.8. The Kier molecular flexibility index (Phi) is 7.12. The molecular formula is C16H30N4O2. The second-order valence-corrected chi connectivity index (χ2v) is 6.43. The predicted octanol–water partition coefficient (Wildman–Crippen LogP) is 0.0465. The van der Waals surface area contributed by atoms with Crippen molar-refractivity contribution in [1.29, 1.82) is 0 Å². The van der Waals surface area contributed by atoms with E-state index in [1.807, 2.05) is 4.90 Å². The van der Waals surface area contributed by atoms with Gasteiger partial charge in [-0.1, -0.05) is 0 Å². The van der Waals surface area contributed by atoms with Gasteiger partial charge in [0.25, 0.3) is 0 Å². The summed E-state index contributed by atoms with van der Waals surface area (Å²) in [4.78, 5) is 27.3. The third kappa shape index (κ3) is 5.93. The molecule has 0 spiro atoms. The summed E-state index contributed by atoms with van der Waals surface area (Å²) in [6, 6.07) is 0. The molecule has 2 N–H and O–H groups in total. The first-order valence-corrected chi connectivity index (χ1v) is 8.60. The van der Waals surface area contributed by atoms with Gasteiger partial charge in [0.2, 0.25) is 11.8 Å². The quantitative estimate of drug-likeness (QED) is 0.727. The summed E-state index contributed by atoms with van der Waals surface area (Å²) in [5, 5.41) is 6.38. The molecule has 0 aromatic heterocycles. The van der Waals surface area contributed by atoms with E-state index in [2.05, 4.69) is 15.5 Å². The van der Waals surface area contributed by atoms with E-state index in [-0.39, 0.29) is 11.8 Å². The summed E-state index contributed by atoms with van der Waals surface area (Å²) in [6.07, 6.45) is 4.08. The van der Waals surface area contributed by atoms with Crippen molar-refractivity contribution in [3.05, 3.63) is 0 Å². The lowest BCUT2D eigenvalue weighted by Crippen LogP contribution is -2.49. The van der Waals surface area contributed by atoms with Gasteiger partial charge in [-0.3, -0.25) is 14.5 Å². The van der Waals surface area contributed by atoms with Gasteiger partial charge in [0.1, 0.15) is 0 Å². The number of rotatable bonds is 6. The fourth-order valence-corrected chi connectivity index (χ4v) is 3.23. The van der Waals surface area contributed by atoms with Crippen LogP contribution in [0.4, 0.5) is 0 Å². The van der Waals surface area contributed by atoms with E-state index in [9.17, 15) is 9.59 Å². The molecular weight excluding hydrogens is 280 g/mol. The zero-order chi connectivity index (χ0) is 15.8. The van der Waals surface area contributed by atoms with Crippen LogP contribution in [0, 0.1) is 5.92 Å². The van der Waals surface area contributed by atoms with Gasteiger partial charge in [-0.25, -0.2) is 0 Å². The van der Waals surface area contributed by atoms with E-state index < -0.39 is 0 Å². The molecule has 0 unspecified atom stereocenters. The van der Waals surface area contributed by atoms with Crippen LogP contribution in [0.3, 0.4) is 0 Å². The molecule has 6 nitrogen and oxygen atoms in total. The number of carbonyl (C=O) groups is 2. The fourth-order valence-electron chi connectivity index (χ4n) is 3.23. The molecule has 2 fully saturated rings. The zero-order valence-electron chi connectivity index (χ0n) is 13.8. The van der Waals surface area contributed by atoms with Crippen LogP contribution < -0.4 is 10.6 Å². The SMILES string of the molecule is CC(=O)N1CCN(CCNC(=O)CCC2CCNCC2)CC1. The third-order valence-electron chi connectivity index (χ3n) is 4.81. The third-order valence-corrected chi connectivity index (χ3v) is 4.81. The molecule has 0 atom stereocenters. The lowest BCUT2D eigenvalue weighted by molar-refractivity contribution is -0.130. The lowest BCUT2D eigenvalue weighted by atomic mass is 9.93. The number of hydrogen-bond donors (Lipinski definition) is 2. The Hall–Kier alpha value is -1.14. The van der Waals surface area contributed by atoms with Crippen LogP contribution in [0.15, 0.2) is 0 Å². The van der Waals surface area contributed by atoms with E-state index in [1.54, 1.807) is 6.92 Å². The standard InChI is InChI=1S/C16H30N4O2/c1-14(21)20-12-10-19(11-13-20)9-8-18-16(22)3-2-15-4-6-17-7-5-15/h15,17H,2-13H2,1H3,(H,18,22). The van der Waals surface area contributed by atoms with Gasteiger partial charge in [-0.05, 0) is 38.3 Å². The number of piperidine rings is 1. The Labute approximate surface area is 133 Å². The first-order valence-electron chi connectivity index (χ1n) is 8.60. The van der Waals surface area contributed by atoms with Gasteiger partial charge in [0.05, 0.1) is 0 Å². The molecule has 2 saturated heterocycles. The van der Waals surface area contributed by atoms with Crippen LogP contribution in [0.2, 0.25) is 0 Å². The highest BCUT2D eigenvalue weighted by Gasteiger charge is 2.18. The van der Waals surface area contributed by atoms with Crippen molar-refractivity contribution in [2.75, 3.05) is 52.4 Å². The minimum atomic E-state index is 0.158. The maximum absolute atomic E-state index is 11.9. The second kappa shape index (κ2) is 9.10. The summed E-state index contributed by atoms with van der Waals surface area (Å²) in [7, 11) is 0. The molecule has 0 aromatic carbocycles. The summed E-state index contributed by atoms with van der Waals surface area (Å²) in [5.41, 5.74) is 0. The predicted molar refractivity (Wildman–Crippen MR) is 86.5 cm³/mol. The number of piperazine rings is 1. The highest BCUT2D eigenvalue weighted by Crippen LogP contribution is 2.17. The topological polar surface area (TPSA) is 64.7 Å². The summed E-state index contributed by atoms with van der Waals surface area (Å²) < 4.78 is 0. The molecule has 2 aliphatic rings. The van der Waals surface area contributed by atoms with Crippen molar-refractivity contribution in [2.24, 2.45) is 5.92 Å². The van der Waals surface area contributed by atoms with Crippen molar-refractivity contribution in [2.45, 2.75) is 32.6 Å². The summed E-state index contributed by atoms with van der Waals surface area (Å²) in [6.45, 7) is 8.83. The van der Waals surface area contributed by atoms with Crippen molar-refractivity contribution in [3.8, 4) is 0 Å². The van der Waals surface area contributed by atoms with Crippen molar-refractivity contribution in [1.82, 2.24) is 20.4 Å². The highest BCUT2D eigenvalue weighted by atomic mass is 16.2. The summed E-state index contributed by atoms with van der Waals surface area (Å²) in [5.74, 6) is 1.05. The van der Waals surface area contributed by atoms with Gasteiger partial charge < -0.3 is 15.5 Å². The lowest BCUT2D eigenvalue weighted by Gasteiger charge is -2.34. The largest absolute Gasteiger partial charge is 0.355 e. The molecule has 6 heteroatoms. The van der Waals surface area contributed by atoms with E-state index in [4.69, 9.17) is 0 Å². The van der Waals surface area contributed by atoms with Crippen LogP contribution in [0.25, 0.3) is 0 Å². The van der Waals surface area contributed by atoms with Gasteiger partial charge in [-0.15, -0.1) is 0 Å². The van der Waals surface area contributed by atoms with Crippen molar-refractivity contribution in [3.63, 3.8) is 0 Å². The Morgan fingerprint density at radius 2 is 1.82 bits per heavy atom. The van der Waals surface area contributed by atoms with Crippen LogP contribution in [0.1, 0.15) is 32.6 Å². The number of amides is 2. The molecule has 0 saturated carbocycles. The normalized spacial score (nSPS) is 20.9. The van der Waals surface area contributed by atoms with Crippen LogP contribution >= 0.6 is 0 Å². The average molecular weight is 310 g/mol. The minimum Gasteiger partial charge on any atom is -0.355 e. The van der Waals surface area contributed by atoms with Gasteiger partial charge >= 0.3 is 0 Å². The maximum Gasteiger partial charge on any atom is 0.220 e. The van der Waals surface area contributed by atoms with Gasteiger partial charge in [0, 0.05) is 52.6 Å². The van der Waals surface area contributed by atoms with E-state index in [0.29, 0.717) is 18.9 Å². The fraction of sp³-hybridized carbons (Fsp3) is 0.875. The summed E-state index contributed by atoms with van der Waals surface area (Å²) >= 11 is 0. The maximum atomic E-state index is 11.9. The minimum absolute atomic E-state index is 0.158. The van der Waals surface area contributed by atoms with E-state index in [0.717, 1.165) is 52.2 Å². The van der Waals surface area contributed by atoms with Crippen LogP contribution in [-0.2, 0) is 9.59 Å². The monoisotopic (exact) mass is 310 g/mol. The molecule has 2 rings (SSSR count). The van der Waals surface area contributed by atoms with Crippen molar-refractivity contribution >= 4 is 11.8 Å². The first-order chi connectivity index (χ1) is 10.6. The molecule has 2 aliphatic heterocycles. The van der Waals surface area contributed by atoms with Crippen LogP contribution in [0.5, 0.6) is 0 Å². The highest BCUT2D eigenvalue weighted by molar-refractivity contribution is 5.75. The van der Waals surface area contributed by atoms with Crippen molar-refractivity contribution < 1.29 is 9.59 Å². The number of hydrogen-bond acceptors (Lipinski definition) is 4. The van der Waals surface area contributed by atoms with Crippen LogP contribution in [-0.4, -0.2) is 74.0 Å². The molecule has 2 heterocycles. The molecule has 0 bridgehead atoms. The molecule has 2 amide bonds. The molecule has 0 radical (unpaired) electrons. The second-order valence-electron chi connectivity index (χ2n) is 6.43. The smallest absolute Gasteiger partial charge is 0.220 e. The number of nitrogens with one attached hydrogen (secondary N) is 2. The molecule has 22 heavy (non-hydrogen) atoms. The average Bonchev–Trinajstić information content (AvgIpc) is 2.54. The first kappa shape index (κ1) is 17.2. The Bertz CT molecular complexity index is 361. The molecule has 126 valence electrons.